The van der Waals surface area contributed by atoms with E-state index in [-0.39, 0.29) is 27.2 Å². The Kier molecular flexibility index (Phi) is 4.84. The number of nitrogens with zero attached hydrogens (tertiary/aromatic N) is 4. The molecule has 0 spiro atoms. The maximum atomic E-state index is 6.25. The first-order valence-corrected chi connectivity index (χ1v) is 11.1. The maximum Gasteiger partial charge on any atom is 0.0565 e. The maximum absolute atomic E-state index is 6.25. The van der Waals surface area contributed by atoms with Gasteiger partial charge >= 0.3 is 0 Å². The van der Waals surface area contributed by atoms with Crippen molar-refractivity contribution in [1.29, 1.82) is 0 Å². The van der Waals surface area contributed by atoms with Crippen LogP contribution in [0.25, 0.3) is 16.7 Å². The van der Waals surface area contributed by atoms with Gasteiger partial charge in [0.2, 0.25) is 0 Å². The molecule has 0 aliphatic carbocycles. The summed E-state index contributed by atoms with van der Waals surface area (Å²) in [5.74, 6) is 2.36. The van der Waals surface area contributed by atoms with Crippen LogP contribution in [0.1, 0.15) is 28.6 Å². The van der Waals surface area contributed by atoms with Crippen molar-refractivity contribution in [2.24, 2.45) is 0 Å². The van der Waals surface area contributed by atoms with Crippen LogP contribution in [0.3, 0.4) is 0 Å². The molecular weight excluding hydrogens is 591 g/mol. The van der Waals surface area contributed by atoms with E-state index in [1.54, 1.807) is 0 Å². The molecule has 33 heavy (non-hydrogen) atoms. The average molecular weight is 613 g/mol. The van der Waals surface area contributed by atoms with Gasteiger partial charge in [-0.3, -0.25) is 4.98 Å². The largest absolute Gasteiger partial charge is 0.661 e. The molecule has 3 aromatic carbocycles. The number of aryl methyl sites for hydroxylation is 3. The molecular formula is C27H21N4OPt-3. The third kappa shape index (κ3) is 3.29. The monoisotopic (exact) mass is 612 g/mol. The standard InChI is InChI=1S/C27H21N4O.Pt/c1-17-16-30-12-10-18-6-8-20(14-22(18)26(30)28-17)32-21-9-7-19-11-13-31-25-5-3-2-4-24(25)29-27(31)23(19)15-21;/h2-9,16,27H,10-13H2,1H3;/q-3;. The topological polar surface area (TPSA) is 44.4 Å². The first-order chi connectivity index (χ1) is 15.7. The van der Waals surface area contributed by atoms with Gasteiger partial charge in [-0.05, 0) is 25.6 Å². The number of hydrogen-bond acceptors (Lipinski definition) is 3. The summed E-state index contributed by atoms with van der Waals surface area (Å²) in [6.07, 6.45) is 4.05. The fraction of sp³-hybridized carbons (Fsp3) is 0.222. The molecule has 0 saturated carbocycles. The molecule has 0 N–H and O–H groups in total. The summed E-state index contributed by atoms with van der Waals surface area (Å²) >= 11 is 0. The van der Waals surface area contributed by atoms with Gasteiger partial charge in [-0.15, -0.1) is 41.1 Å². The number of ether oxygens (including phenoxy) is 1. The molecule has 168 valence electrons. The van der Waals surface area contributed by atoms with Crippen molar-refractivity contribution in [2.45, 2.75) is 32.5 Å². The second-order valence-electron chi connectivity index (χ2n) is 8.67. The van der Waals surface area contributed by atoms with Crippen LogP contribution in [0, 0.1) is 19.1 Å². The Morgan fingerprint density at radius 1 is 0.970 bits per heavy atom. The van der Waals surface area contributed by atoms with Gasteiger partial charge < -0.3 is 19.5 Å². The van der Waals surface area contributed by atoms with Crippen LogP contribution in [0.15, 0.2) is 54.7 Å². The van der Waals surface area contributed by atoms with Gasteiger partial charge in [0.25, 0.3) is 0 Å². The number of aromatic nitrogens is 2. The smallest absolute Gasteiger partial charge is 0.0565 e. The second kappa shape index (κ2) is 7.77. The summed E-state index contributed by atoms with van der Waals surface area (Å²) in [6, 6.07) is 23.7. The summed E-state index contributed by atoms with van der Waals surface area (Å²) in [5, 5.41) is 4.97. The van der Waals surface area contributed by atoms with E-state index in [0.29, 0.717) is 11.5 Å². The van der Waals surface area contributed by atoms with E-state index in [2.05, 4.69) is 58.1 Å². The molecule has 0 saturated heterocycles. The Morgan fingerprint density at radius 2 is 1.76 bits per heavy atom. The molecule has 0 fully saturated rings. The predicted octanol–water partition coefficient (Wildman–Crippen LogP) is 5.88. The van der Waals surface area contributed by atoms with Crippen molar-refractivity contribution in [3.05, 3.63) is 94.6 Å². The van der Waals surface area contributed by atoms with E-state index < -0.39 is 0 Å². The van der Waals surface area contributed by atoms with Crippen LogP contribution in [-0.4, -0.2) is 16.1 Å². The first-order valence-electron chi connectivity index (χ1n) is 11.1. The number of hydrogen-bond donors (Lipinski definition) is 0. The van der Waals surface area contributed by atoms with E-state index >= 15 is 0 Å². The second-order valence-corrected chi connectivity index (χ2v) is 8.67. The molecule has 1 aromatic heterocycles. The number of fused-ring (bicyclic) bond motifs is 8. The summed E-state index contributed by atoms with van der Waals surface area (Å²) in [7, 11) is 0. The Morgan fingerprint density at radius 3 is 2.67 bits per heavy atom. The van der Waals surface area contributed by atoms with Crippen molar-refractivity contribution in [2.75, 3.05) is 11.4 Å². The fourth-order valence-electron chi connectivity index (χ4n) is 5.13. The van der Waals surface area contributed by atoms with Crippen LogP contribution >= 0.6 is 0 Å². The minimum absolute atomic E-state index is 0. The summed E-state index contributed by atoms with van der Waals surface area (Å²) in [4.78, 5) is 7.07. The third-order valence-electron chi connectivity index (χ3n) is 6.64. The zero-order valence-corrected chi connectivity index (χ0v) is 20.4. The normalized spacial score (nSPS) is 17.0. The van der Waals surface area contributed by atoms with Crippen LogP contribution in [-0.2, 0) is 40.5 Å². The number of para-hydroxylation sites is 2. The minimum Gasteiger partial charge on any atom is -0.661 e. The van der Waals surface area contributed by atoms with Gasteiger partial charge in [-0.1, -0.05) is 30.7 Å². The predicted molar refractivity (Wildman–Crippen MR) is 124 cm³/mol. The summed E-state index contributed by atoms with van der Waals surface area (Å²) in [6.45, 7) is 3.96. The molecule has 0 radical (unpaired) electrons. The van der Waals surface area contributed by atoms with Crippen LogP contribution in [0.5, 0.6) is 11.5 Å². The van der Waals surface area contributed by atoms with Crippen molar-refractivity contribution >= 4 is 11.4 Å². The molecule has 6 heteroatoms. The van der Waals surface area contributed by atoms with E-state index in [4.69, 9.17) is 15.0 Å². The van der Waals surface area contributed by atoms with Gasteiger partial charge in [0, 0.05) is 63.2 Å². The van der Waals surface area contributed by atoms with Crippen molar-refractivity contribution < 1.29 is 25.8 Å². The number of rotatable bonds is 2. The molecule has 1 atom stereocenters. The van der Waals surface area contributed by atoms with Crippen molar-refractivity contribution in [3.8, 4) is 22.9 Å². The van der Waals surface area contributed by atoms with Crippen LogP contribution < -0.4 is 9.64 Å². The van der Waals surface area contributed by atoms with Crippen LogP contribution in [0.2, 0.25) is 0 Å². The zero-order valence-electron chi connectivity index (χ0n) is 18.1. The number of imidazole rings is 1. The SMILES string of the molecule is Cc1cn2c(n1)-c1[c-]c(Oc3[c-]c4c(cc3)CCN3c5ccccc5[N-]C43)ccc1CC2.[Pt]. The first kappa shape index (κ1) is 20.6. The Labute approximate surface area is 207 Å². The number of anilines is 1. The molecule has 3 aliphatic rings. The van der Waals surface area contributed by atoms with Gasteiger partial charge in [0.15, 0.2) is 0 Å². The van der Waals surface area contributed by atoms with Gasteiger partial charge in [-0.25, -0.2) is 0 Å². The quantitative estimate of drug-likeness (QED) is 0.266. The van der Waals surface area contributed by atoms with Gasteiger partial charge in [0.1, 0.15) is 0 Å². The Bertz CT molecular complexity index is 1380. The van der Waals surface area contributed by atoms with Crippen LogP contribution in [0.4, 0.5) is 11.4 Å². The minimum atomic E-state index is -0.0253. The van der Waals surface area contributed by atoms with E-state index in [0.717, 1.165) is 54.3 Å². The molecule has 0 bridgehead atoms. The molecule has 4 aromatic rings. The van der Waals surface area contributed by atoms with Crippen molar-refractivity contribution in [3.63, 3.8) is 0 Å². The Hall–Kier alpha value is -3.04. The Balaban J connectivity index is 0.00000206. The summed E-state index contributed by atoms with van der Waals surface area (Å²) in [5.41, 5.74) is 7.99. The third-order valence-corrected chi connectivity index (χ3v) is 6.64. The molecule has 3 aliphatic heterocycles. The summed E-state index contributed by atoms with van der Waals surface area (Å²) < 4.78 is 8.45. The van der Waals surface area contributed by atoms with E-state index in [9.17, 15) is 0 Å². The van der Waals surface area contributed by atoms with Crippen molar-refractivity contribution in [1.82, 2.24) is 9.55 Å². The van der Waals surface area contributed by atoms with E-state index in [1.807, 2.05) is 25.1 Å². The number of benzene rings is 3. The molecule has 4 heterocycles. The average Bonchev–Trinajstić information content (AvgIpc) is 3.39. The molecule has 5 nitrogen and oxygen atoms in total. The molecule has 0 amide bonds. The van der Waals surface area contributed by atoms with E-state index in [1.165, 1.54) is 16.8 Å². The zero-order chi connectivity index (χ0) is 21.2. The van der Waals surface area contributed by atoms with Gasteiger partial charge in [-0.2, -0.15) is 17.2 Å². The molecule has 7 rings (SSSR count). The fourth-order valence-corrected chi connectivity index (χ4v) is 5.13. The van der Waals surface area contributed by atoms with Gasteiger partial charge in [0.05, 0.1) is 5.82 Å². The molecule has 1 unspecified atom stereocenters.